The zero-order valence-electron chi connectivity index (χ0n) is 14.6. The van der Waals surface area contributed by atoms with Crippen LogP contribution in [-0.4, -0.2) is 33.7 Å². The van der Waals surface area contributed by atoms with Crippen LogP contribution in [0.15, 0.2) is 36.4 Å². The maximum atomic E-state index is 12.2. The number of anilines is 1. The molecule has 4 nitrogen and oxygen atoms in total. The first-order valence-corrected chi connectivity index (χ1v) is 8.75. The average Bonchev–Trinajstić information content (AvgIpc) is 2.58. The van der Waals surface area contributed by atoms with Gasteiger partial charge < -0.3 is 15.0 Å². The molecule has 6 heteroatoms. The molecule has 0 spiro atoms. The Balaban J connectivity index is 1.84. The number of nitrogens with zero attached hydrogens (tertiary/aromatic N) is 1. The fourth-order valence-electron chi connectivity index (χ4n) is 2.44. The van der Waals surface area contributed by atoms with E-state index in [-0.39, 0.29) is 5.91 Å². The van der Waals surface area contributed by atoms with Gasteiger partial charge in [0, 0.05) is 31.9 Å². The molecule has 0 saturated heterocycles. The molecule has 2 aromatic carbocycles. The van der Waals surface area contributed by atoms with Gasteiger partial charge in [-0.1, -0.05) is 35.3 Å². The van der Waals surface area contributed by atoms with Gasteiger partial charge in [0.1, 0.15) is 0 Å². The second-order valence-electron chi connectivity index (χ2n) is 5.89. The third-order valence-corrected chi connectivity index (χ3v) is 4.41. The van der Waals surface area contributed by atoms with Crippen LogP contribution in [0.4, 0.5) is 5.69 Å². The summed E-state index contributed by atoms with van der Waals surface area (Å²) >= 11 is 12.1. The van der Waals surface area contributed by atoms with E-state index < -0.39 is 0 Å². The van der Waals surface area contributed by atoms with Crippen LogP contribution in [0.5, 0.6) is 5.75 Å². The minimum absolute atomic E-state index is 0.200. The fourth-order valence-corrected chi connectivity index (χ4v) is 3.08. The zero-order valence-corrected chi connectivity index (χ0v) is 16.1. The molecular weight excluding hydrogens is 359 g/mol. The molecule has 25 heavy (non-hydrogen) atoms. The highest BCUT2D eigenvalue weighted by Crippen LogP contribution is 2.33. The third-order valence-electron chi connectivity index (χ3n) is 3.85. The lowest BCUT2D eigenvalue weighted by molar-refractivity contribution is 0.0953. The van der Waals surface area contributed by atoms with E-state index in [9.17, 15) is 4.79 Å². The zero-order chi connectivity index (χ0) is 18.4. The Labute approximate surface area is 158 Å². The minimum Gasteiger partial charge on any atom is -0.494 e. The van der Waals surface area contributed by atoms with E-state index in [1.807, 2.05) is 14.1 Å². The lowest BCUT2D eigenvalue weighted by atomic mass is 10.1. The largest absolute Gasteiger partial charge is 0.494 e. The summed E-state index contributed by atoms with van der Waals surface area (Å²) in [5.74, 6) is 0.176. The second-order valence-corrected chi connectivity index (χ2v) is 6.71. The fraction of sp³-hybridized carbons (Fsp3) is 0.316. The highest BCUT2D eigenvalue weighted by atomic mass is 35.5. The van der Waals surface area contributed by atoms with Crippen molar-refractivity contribution in [2.45, 2.75) is 12.8 Å². The van der Waals surface area contributed by atoms with Crippen molar-refractivity contribution >= 4 is 34.8 Å². The van der Waals surface area contributed by atoms with Gasteiger partial charge >= 0.3 is 0 Å². The Morgan fingerprint density at radius 1 is 1.12 bits per heavy atom. The Morgan fingerprint density at radius 3 is 2.24 bits per heavy atom. The molecule has 0 fully saturated rings. The van der Waals surface area contributed by atoms with E-state index in [1.165, 1.54) is 18.4 Å². The van der Waals surface area contributed by atoms with Gasteiger partial charge in [0.2, 0.25) is 0 Å². The van der Waals surface area contributed by atoms with Crippen LogP contribution < -0.4 is 15.0 Å². The number of hydrogen-bond acceptors (Lipinski definition) is 3. The predicted octanol–water partition coefficient (Wildman–Crippen LogP) is 4.43. The molecule has 0 aliphatic rings. The van der Waals surface area contributed by atoms with Crippen molar-refractivity contribution < 1.29 is 9.53 Å². The Morgan fingerprint density at radius 2 is 1.72 bits per heavy atom. The lowest BCUT2D eigenvalue weighted by Crippen LogP contribution is -2.24. The Kier molecular flexibility index (Phi) is 6.97. The van der Waals surface area contributed by atoms with E-state index in [0.717, 1.165) is 12.8 Å². The summed E-state index contributed by atoms with van der Waals surface area (Å²) in [5, 5.41) is 3.53. The summed E-state index contributed by atoms with van der Waals surface area (Å²) in [6, 6.07) is 11.5. The first-order chi connectivity index (χ1) is 11.9. The Hall–Kier alpha value is -1.91. The molecule has 0 aliphatic carbocycles. The first-order valence-electron chi connectivity index (χ1n) is 8.00. The van der Waals surface area contributed by atoms with Gasteiger partial charge in [0.05, 0.1) is 17.2 Å². The van der Waals surface area contributed by atoms with Crippen LogP contribution in [-0.2, 0) is 6.42 Å². The summed E-state index contributed by atoms with van der Waals surface area (Å²) < 4.78 is 5.08. The molecule has 1 N–H and O–H groups in total. The number of aryl methyl sites for hydroxylation is 1. The maximum absolute atomic E-state index is 12.2. The monoisotopic (exact) mass is 380 g/mol. The van der Waals surface area contributed by atoms with Gasteiger partial charge in [-0.05, 0) is 42.7 Å². The molecule has 0 aromatic heterocycles. The van der Waals surface area contributed by atoms with E-state index in [1.54, 1.807) is 12.1 Å². The van der Waals surface area contributed by atoms with Crippen molar-refractivity contribution in [3.63, 3.8) is 0 Å². The van der Waals surface area contributed by atoms with Crippen molar-refractivity contribution in [1.29, 1.82) is 0 Å². The molecule has 0 unspecified atom stereocenters. The van der Waals surface area contributed by atoms with E-state index in [0.29, 0.717) is 27.9 Å². The SMILES string of the molecule is COc1c(Cl)cc(C(=O)NCCCc2ccc(N(C)C)cc2)cc1Cl. The van der Waals surface area contributed by atoms with Crippen LogP contribution in [0.2, 0.25) is 10.0 Å². The molecule has 0 atom stereocenters. The quantitative estimate of drug-likeness (QED) is 0.722. The molecule has 134 valence electrons. The topological polar surface area (TPSA) is 41.6 Å². The standard InChI is InChI=1S/C19H22Cl2N2O2/c1-23(2)15-8-6-13(7-9-15)5-4-10-22-19(24)14-11-16(20)18(25-3)17(21)12-14/h6-9,11-12H,4-5,10H2,1-3H3,(H,22,24). The first kappa shape index (κ1) is 19.4. The predicted molar refractivity (Wildman–Crippen MR) is 104 cm³/mol. The number of benzene rings is 2. The lowest BCUT2D eigenvalue weighted by Gasteiger charge is -2.12. The molecule has 0 heterocycles. The average molecular weight is 381 g/mol. The number of carbonyl (C=O) groups is 1. The number of carbonyl (C=O) groups excluding carboxylic acids is 1. The third kappa shape index (κ3) is 5.28. The van der Waals surface area contributed by atoms with Crippen molar-refractivity contribution in [1.82, 2.24) is 5.32 Å². The van der Waals surface area contributed by atoms with Gasteiger partial charge in [-0.2, -0.15) is 0 Å². The van der Waals surface area contributed by atoms with Crippen LogP contribution in [0, 0.1) is 0 Å². The van der Waals surface area contributed by atoms with Crippen LogP contribution >= 0.6 is 23.2 Å². The molecule has 0 bridgehead atoms. The maximum Gasteiger partial charge on any atom is 0.251 e. The number of rotatable bonds is 7. The summed E-state index contributed by atoms with van der Waals surface area (Å²) in [7, 11) is 5.52. The van der Waals surface area contributed by atoms with Gasteiger partial charge in [0.15, 0.2) is 5.75 Å². The van der Waals surface area contributed by atoms with Crippen molar-refractivity contribution in [2.24, 2.45) is 0 Å². The van der Waals surface area contributed by atoms with Crippen molar-refractivity contribution in [3.8, 4) is 5.75 Å². The number of ether oxygens (including phenoxy) is 1. The van der Waals surface area contributed by atoms with Crippen LogP contribution in [0.3, 0.4) is 0 Å². The number of hydrogen-bond donors (Lipinski definition) is 1. The van der Waals surface area contributed by atoms with Crippen molar-refractivity contribution in [3.05, 3.63) is 57.6 Å². The highest BCUT2D eigenvalue weighted by Gasteiger charge is 2.13. The molecule has 2 rings (SSSR count). The van der Waals surface area contributed by atoms with Gasteiger partial charge in [0.25, 0.3) is 5.91 Å². The van der Waals surface area contributed by atoms with E-state index in [2.05, 4.69) is 34.5 Å². The summed E-state index contributed by atoms with van der Waals surface area (Å²) in [6.07, 6.45) is 1.75. The molecule has 0 aliphatic heterocycles. The smallest absolute Gasteiger partial charge is 0.251 e. The summed E-state index contributed by atoms with van der Waals surface area (Å²) in [4.78, 5) is 14.3. The van der Waals surface area contributed by atoms with Crippen LogP contribution in [0.25, 0.3) is 0 Å². The van der Waals surface area contributed by atoms with Crippen LogP contribution in [0.1, 0.15) is 22.3 Å². The molecule has 1 amide bonds. The van der Waals surface area contributed by atoms with Crippen molar-refractivity contribution in [2.75, 3.05) is 32.6 Å². The molecular formula is C19H22Cl2N2O2. The summed E-state index contributed by atoms with van der Waals surface area (Å²) in [6.45, 7) is 0.579. The number of halogens is 2. The summed E-state index contributed by atoms with van der Waals surface area (Å²) in [5.41, 5.74) is 2.84. The van der Waals surface area contributed by atoms with Gasteiger partial charge in [-0.25, -0.2) is 0 Å². The molecule has 2 aromatic rings. The Bertz CT molecular complexity index is 708. The highest BCUT2D eigenvalue weighted by molar-refractivity contribution is 6.37. The van der Waals surface area contributed by atoms with E-state index in [4.69, 9.17) is 27.9 Å². The van der Waals surface area contributed by atoms with E-state index >= 15 is 0 Å². The number of methoxy groups -OCH3 is 1. The van der Waals surface area contributed by atoms with Gasteiger partial charge in [-0.3, -0.25) is 4.79 Å². The molecule has 0 saturated carbocycles. The second kappa shape index (κ2) is 8.97. The number of nitrogens with one attached hydrogen (secondary N) is 1. The normalized spacial score (nSPS) is 10.4. The minimum atomic E-state index is -0.200. The van der Waals surface area contributed by atoms with Gasteiger partial charge in [-0.15, -0.1) is 0 Å². The molecule has 0 radical (unpaired) electrons. The number of amides is 1.